The van der Waals surface area contributed by atoms with Crippen molar-refractivity contribution in [2.24, 2.45) is 11.0 Å². The molecule has 3 rings (SSSR count). The standard InChI is InChI=1S/C19H18BrN3O2/c1-13-4-2-3-5-17(13)23-12-15(10-18(23)24)19(25)22-21-11-14-6-8-16(20)9-7-14/h2-9,11,15H,10,12H2,1H3,(H,22,25)/b21-11-/t15-/m0/s1. The summed E-state index contributed by atoms with van der Waals surface area (Å²) in [5, 5.41) is 3.99. The van der Waals surface area contributed by atoms with E-state index in [4.69, 9.17) is 0 Å². The molecule has 25 heavy (non-hydrogen) atoms. The van der Waals surface area contributed by atoms with Crippen LogP contribution in [-0.4, -0.2) is 24.6 Å². The van der Waals surface area contributed by atoms with E-state index in [0.717, 1.165) is 21.3 Å². The largest absolute Gasteiger partial charge is 0.311 e. The van der Waals surface area contributed by atoms with Crippen LogP contribution >= 0.6 is 15.9 Å². The van der Waals surface area contributed by atoms with Gasteiger partial charge in [0, 0.05) is 23.1 Å². The normalized spacial score (nSPS) is 17.3. The average Bonchev–Trinajstić information content (AvgIpc) is 2.99. The van der Waals surface area contributed by atoms with Crippen LogP contribution in [0, 0.1) is 12.8 Å². The fraction of sp³-hybridized carbons (Fsp3) is 0.211. The Morgan fingerprint density at radius 2 is 1.96 bits per heavy atom. The van der Waals surface area contributed by atoms with Gasteiger partial charge in [-0.1, -0.05) is 46.3 Å². The number of hydrazone groups is 1. The number of hydrogen-bond acceptors (Lipinski definition) is 3. The predicted molar refractivity (Wildman–Crippen MR) is 102 cm³/mol. The third-order valence-electron chi connectivity index (χ3n) is 4.16. The lowest BCUT2D eigenvalue weighted by Crippen LogP contribution is -2.30. The molecule has 0 radical (unpaired) electrons. The van der Waals surface area contributed by atoms with Crippen LogP contribution in [-0.2, 0) is 9.59 Å². The summed E-state index contributed by atoms with van der Waals surface area (Å²) in [6.07, 6.45) is 1.79. The summed E-state index contributed by atoms with van der Waals surface area (Å²) >= 11 is 3.37. The Balaban J connectivity index is 1.61. The Bertz CT molecular complexity index is 818. The molecule has 0 aromatic heterocycles. The number of halogens is 1. The van der Waals surface area contributed by atoms with Gasteiger partial charge in [-0.3, -0.25) is 9.59 Å². The zero-order valence-corrected chi connectivity index (χ0v) is 15.4. The van der Waals surface area contributed by atoms with Crippen molar-refractivity contribution in [2.75, 3.05) is 11.4 Å². The van der Waals surface area contributed by atoms with Crippen LogP contribution in [0.1, 0.15) is 17.5 Å². The van der Waals surface area contributed by atoms with Gasteiger partial charge in [0.05, 0.1) is 12.1 Å². The quantitative estimate of drug-likeness (QED) is 0.633. The van der Waals surface area contributed by atoms with Crippen molar-refractivity contribution in [3.8, 4) is 0 Å². The number of benzene rings is 2. The maximum atomic E-state index is 12.3. The fourth-order valence-electron chi connectivity index (χ4n) is 2.79. The van der Waals surface area contributed by atoms with Gasteiger partial charge in [0.1, 0.15) is 0 Å². The minimum atomic E-state index is -0.394. The second-order valence-corrected chi connectivity index (χ2v) is 6.89. The van der Waals surface area contributed by atoms with Crippen molar-refractivity contribution in [1.82, 2.24) is 5.43 Å². The molecule has 0 spiro atoms. The molecule has 1 aliphatic heterocycles. The lowest BCUT2D eigenvalue weighted by Gasteiger charge is -2.18. The SMILES string of the molecule is Cc1ccccc1N1C[C@@H](C(=O)N/N=C\c2ccc(Br)cc2)CC1=O. The van der Waals surface area contributed by atoms with E-state index in [1.807, 2.05) is 55.5 Å². The number of nitrogens with zero attached hydrogens (tertiary/aromatic N) is 2. The number of rotatable bonds is 4. The highest BCUT2D eigenvalue weighted by Crippen LogP contribution is 2.27. The molecule has 5 nitrogen and oxygen atoms in total. The number of carbonyl (C=O) groups excluding carboxylic acids is 2. The van der Waals surface area contributed by atoms with Gasteiger partial charge in [0.2, 0.25) is 11.8 Å². The van der Waals surface area contributed by atoms with Gasteiger partial charge in [-0.2, -0.15) is 5.10 Å². The maximum Gasteiger partial charge on any atom is 0.245 e. The van der Waals surface area contributed by atoms with Gasteiger partial charge < -0.3 is 4.90 Å². The highest BCUT2D eigenvalue weighted by Gasteiger charge is 2.35. The van der Waals surface area contributed by atoms with E-state index >= 15 is 0 Å². The molecule has 1 fully saturated rings. The molecule has 6 heteroatoms. The number of carbonyl (C=O) groups is 2. The van der Waals surface area contributed by atoms with E-state index in [-0.39, 0.29) is 18.2 Å². The van der Waals surface area contributed by atoms with Crippen molar-refractivity contribution < 1.29 is 9.59 Å². The number of aryl methyl sites for hydroxylation is 1. The predicted octanol–water partition coefficient (Wildman–Crippen LogP) is 3.26. The van der Waals surface area contributed by atoms with Crippen molar-refractivity contribution in [2.45, 2.75) is 13.3 Å². The van der Waals surface area contributed by atoms with Crippen LogP contribution in [0.4, 0.5) is 5.69 Å². The Hall–Kier alpha value is -2.47. The van der Waals surface area contributed by atoms with E-state index in [0.29, 0.717) is 6.54 Å². The Kier molecular flexibility index (Phi) is 5.28. The summed E-state index contributed by atoms with van der Waals surface area (Å²) in [5.41, 5.74) is 5.30. The summed E-state index contributed by atoms with van der Waals surface area (Å²) in [7, 11) is 0. The van der Waals surface area contributed by atoms with Crippen molar-refractivity contribution >= 4 is 39.6 Å². The van der Waals surface area contributed by atoms with Gasteiger partial charge in [-0.05, 0) is 36.2 Å². The van der Waals surface area contributed by atoms with Crippen LogP contribution < -0.4 is 10.3 Å². The van der Waals surface area contributed by atoms with E-state index in [2.05, 4.69) is 26.5 Å². The van der Waals surface area contributed by atoms with Gasteiger partial charge >= 0.3 is 0 Å². The van der Waals surface area contributed by atoms with Crippen molar-refractivity contribution in [3.63, 3.8) is 0 Å². The monoisotopic (exact) mass is 399 g/mol. The highest BCUT2D eigenvalue weighted by molar-refractivity contribution is 9.10. The smallest absolute Gasteiger partial charge is 0.245 e. The Labute approximate surface area is 154 Å². The van der Waals surface area contributed by atoms with Crippen LogP contribution in [0.3, 0.4) is 0 Å². The van der Waals surface area contributed by atoms with E-state index in [1.54, 1.807) is 11.1 Å². The third-order valence-corrected chi connectivity index (χ3v) is 4.69. The van der Waals surface area contributed by atoms with Gasteiger partial charge in [0.25, 0.3) is 0 Å². The van der Waals surface area contributed by atoms with E-state index < -0.39 is 5.92 Å². The van der Waals surface area contributed by atoms with E-state index in [9.17, 15) is 9.59 Å². The third kappa shape index (κ3) is 4.14. The van der Waals surface area contributed by atoms with Crippen LogP contribution in [0.15, 0.2) is 58.1 Å². The summed E-state index contributed by atoms with van der Waals surface area (Å²) in [4.78, 5) is 26.2. The molecular formula is C19H18BrN3O2. The first-order chi connectivity index (χ1) is 12.0. The number of anilines is 1. The second kappa shape index (κ2) is 7.61. The number of nitrogens with one attached hydrogen (secondary N) is 1. The minimum absolute atomic E-state index is 0.0358. The number of amides is 2. The summed E-state index contributed by atoms with van der Waals surface area (Å²) < 4.78 is 0.981. The highest BCUT2D eigenvalue weighted by atomic mass is 79.9. The molecule has 1 heterocycles. The fourth-order valence-corrected chi connectivity index (χ4v) is 3.06. The lowest BCUT2D eigenvalue weighted by molar-refractivity contribution is -0.126. The van der Waals surface area contributed by atoms with Gasteiger partial charge in [-0.15, -0.1) is 0 Å². The summed E-state index contributed by atoms with van der Waals surface area (Å²) in [5.74, 6) is -0.668. The second-order valence-electron chi connectivity index (χ2n) is 5.98. The molecule has 128 valence electrons. The molecule has 1 saturated heterocycles. The molecular weight excluding hydrogens is 382 g/mol. The molecule has 2 aromatic carbocycles. The first-order valence-corrected chi connectivity index (χ1v) is 8.78. The topological polar surface area (TPSA) is 61.8 Å². The summed E-state index contributed by atoms with van der Waals surface area (Å²) in [6.45, 7) is 2.34. The van der Waals surface area contributed by atoms with Crippen molar-refractivity contribution in [3.05, 3.63) is 64.1 Å². The minimum Gasteiger partial charge on any atom is -0.311 e. The zero-order valence-electron chi connectivity index (χ0n) is 13.8. The number of hydrogen-bond donors (Lipinski definition) is 1. The van der Waals surface area contributed by atoms with Gasteiger partial charge in [-0.25, -0.2) is 5.43 Å². The molecule has 2 amide bonds. The molecule has 0 bridgehead atoms. The molecule has 0 aliphatic carbocycles. The molecule has 0 unspecified atom stereocenters. The molecule has 2 aromatic rings. The van der Waals surface area contributed by atoms with E-state index in [1.165, 1.54) is 0 Å². The average molecular weight is 400 g/mol. The van der Waals surface area contributed by atoms with Gasteiger partial charge in [0.15, 0.2) is 0 Å². The maximum absolute atomic E-state index is 12.3. The van der Waals surface area contributed by atoms with Crippen LogP contribution in [0.25, 0.3) is 0 Å². The lowest BCUT2D eigenvalue weighted by atomic mass is 10.1. The number of para-hydroxylation sites is 1. The summed E-state index contributed by atoms with van der Waals surface area (Å²) in [6, 6.07) is 15.3. The molecule has 1 N–H and O–H groups in total. The Morgan fingerprint density at radius 3 is 2.68 bits per heavy atom. The first-order valence-electron chi connectivity index (χ1n) is 7.99. The molecule has 1 aliphatic rings. The molecule has 0 saturated carbocycles. The zero-order chi connectivity index (χ0) is 17.8. The van der Waals surface area contributed by atoms with Crippen molar-refractivity contribution in [1.29, 1.82) is 0 Å². The molecule has 1 atom stereocenters. The Morgan fingerprint density at radius 1 is 1.24 bits per heavy atom. The van der Waals surface area contributed by atoms with Crippen LogP contribution in [0.5, 0.6) is 0 Å². The van der Waals surface area contributed by atoms with Crippen LogP contribution in [0.2, 0.25) is 0 Å². The first kappa shape index (κ1) is 17.4.